The topological polar surface area (TPSA) is 89.0 Å². The molecule has 4 rings (SSSR count). The zero-order chi connectivity index (χ0) is 22.9. The number of benzene rings is 3. The van der Waals surface area contributed by atoms with Crippen molar-refractivity contribution in [2.24, 2.45) is 5.10 Å². The summed E-state index contributed by atoms with van der Waals surface area (Å²) in [6, 6.07) is 23.6. The maximum Gasteiger partial charge on any atom is 0.287 e. The molecule has 0 atom stereocenters. The second-order valence-corrected chi connectivity index (χ2v) is 6.98. The van der Waals surface area contributed by atoms with Crippen LogP contribution in [0.4, 0.5) is 0 Å². The van der Waals surface area contributed by atoms with Gasteiger partial charge in [0.2, 0.25) is 6.79 Å². The summed E-state index contributed by atoms with van der Waals surface area (Å²) < 4.78 is 10.7. The lowest BCUT2D eigenvalue weighted by molar-refractivity contribution is -0.117. The second-order valence-electron chi connectivity index (χ2n) is 6.98. The number of carbonyl (C=O) groups is 2. The Balaban J connectivity index is 1.50. The lowest BCUT2D eigenvalue weighted by Crippen LogP contribution is -2.32. The second kappa shape index (κ2) is 10.6. The van der Waals surface area contributed by atoms with Crippen LogP contribution >= 0.6 is 0 Å². The zero-order valence-corrected chi connectivity index (χ0v) is 17.6. The third kappa shape index (κ3) is 5.95. The van der Waals surface area contributed by atoms with Crippen molar-refractivity contribution in [3.05, 3.63) is 107 Å². The Morgan fingerprint density at radius 1 is 0.848 bits per heavy atom. The van der Waals surface area contributed by atoms with Crippen molar-refractivity contribution in [1.29, 1.82) is 0 Å². The van der Waals surface area contributed by atoms with Crippen LogP contribution in [0.25, 0.3) is 12.2 Å². The zero-order valence-electron chi connectivity index (χ0n) is 17.6. The van der Waals surface area contributed by atoms with Crippen LogP contribution < -0.4 is 20.2 Å². The van der Waals surface area contributed by atoms with E-state index in [-0.39, 0.29) is 12.5 Å². The Bertz CT molecular complexity index is 1220. The van der Waals surface area contributed by atoms with Crippen LogP contribution in [-0.2, 0) is 4.79 Å². The Hall–Kier alpha value is -4.65. The molecule has 0 radical (unpaired) electrons. The van der Waals surface area contributed by atoms with E-state index in [9.17, 15) is 9.59 Å². The number of fused-ring (bicyclic) bond motifs is 1. The molecule has 2 amide bonds. The van der Waals surface area contributed by atoms with Crippen LogP contribution in [0.1, 0.15) is 21.5 Å². The minimum Gasteiger partial charge on any atom is -0.454 e. The molecule has 1 aliphatic rings. The number of amides is 2. The normalized spacial score (nSPS) is 12.8. The molecule has 1 heterocycles. The fourth-order valence-electron chi connectivity index (χ4n) is 3.03. The number of hydrogen-bond donors (Lipinski definition) is 2. The van der Waals surface area contributed by atoms with Gasteiger partial charge in [-0.25, -0.2) is 5.43 Å². The van der Waals surface area contributed by atoms with Crippen LogP contribution in [0.5, 0.6) is 11.5 Å². The Kier molecular flexibility index (Phi) is 6.92. The minimum absolute atomic E-state index is 0.0342. The molecule has 7 heteroatoms. The molecule has 0 saturated carbocycles. The first-order valence-corrected chi connectivity index (χ1v) is 10.2. The molecule has 0 unspecified atom stereocenters. The van der Waals surface area contributed by atoms with Gasteiger partial charge in [-0.15, -0.1) is 0 Å². The van der Waals surface area contributed by atoms with Gasteiger partial charge in [0.15, 0.2) is 11.5 Å². The molecule has 164 valence electrons. The van der Waals surface area contributed by atoms with Crippen molar-refractivity contribution in [3.8, 4) is 11.5 Å². The number of allylic oxidation sites excluding steroid dienone is 1. The molecule has 3 aromatic carbocycles. The Labute approximate surface area is 191 Å². The van der Waals surface area contributed by atoms with Crippen LogP contribution in [-0.4, -0.2) is 24.8 Å². The molecule has 0 aliphatic carbocycles. The summed E-state index contributed by atoms with van der Waals surface area (Å²) in [4.78, 5) is 25.4. The maximum atomic E-state index is 12.8. The van der Waals surface area contributed by atoms with E-state index in [1.165, 1.54) is 6.21 Å². The van der Waals surface area contributed by atoms with Gasteiger partial charge in [0.05, 0.1) is 0 Å². The molecule has 0 saturated heterocycles. The minimum atomic E-state index is -0.568. The van der Waals surface area contributed by atoms with E-state index in [0.717, 1.165) is 5.56 Å². The van der Waals surface area contributed by atoms with Gasteiger partial charge >= 0.3 is 0 Å². The average molecular weight is 439 g/mol. The molecule has 1 aliphatic heterocycles. The summed E-state index contributed by atoms with van der Waals surface area (Å²) in [5.41, 5.74) is 4.57. The fraction of sp³-hybridized carbons (Fsp3) is 0.0385. The van der Waals surface area contributed by atoms with Gasteiger partial charge in [-0.05, 0) is 47.5 Å². The molecule has 7 nitrogen and oxygen atoms in total. The first-order valence-electron chi connectivity index (χ1n) is 10.2. The van der Waals surface area contributed by atoms with Crippen molar-refractivity contribution >= 4 is 30.2 Å². The lowest BCUT2D eigenvalue weighted by Gasteiger charge is -2.09. The highest BCUT2D eigenvalue weighted by Crippen LogP contribution is 2.33. The number of nitrogens with one attached hydrogen (secondary N) is 2. The fourth-order valence-corrected chi connectivity index (χ4v) is 3.03. The summed E-state index contributed by atoms with van der Waals surface area (Å²) in [7, 11) is 0. The average Bonchev–Trinajstić information content (AvgIpc) is 3.32. The summed E-state index contributed by atoms with van der Waals surface area (Å²) in [6.07, 6.45) is 6.57. The first-order chi connectivity index (χ1) is 16.2. The number of ether oxygens (including phenoxy) is 2. The number of rotatable bonds is 7. The first kappa shape index (κ1) is 21.6. The molecule has 0 fully saturated rings. The van der Waals surface area contributed by atoms with E-state index in [1.807, 2.05) is 42.5 Å². The molecule has 2 N–H and O–H groups in total. The maximum absolute atomic E-state index is 12.8. The molecular formula is C26H21N3O4. The number of nitrogens with zero attached hydrogens (tertiary/aromatic N) is 1. The molecule has 0 spiro atoms. The van der Waals surface area contributed by atoms with E-state index in [4.69, 9.17) is 9.47 Å². The predicted octanol–water partition coefficient (Wildman–Crippen LogP) is 4.00. The highest BCUT2D eigenvalue weighted by molar-refractivity contribution is 6.05. The Morgan fingerprint density at radius 3 is 2.36 bits per heavy atom. The van der Waals surface area contributed by atoms with E-state index >= 15 is 0 Å². The third-order valence-corrected chi connectivity index (χ3v) is 4.65. The molecule has 0 aromatic heterocycles. The monoisotopic (exact) mass is 439 g/mol. The number of hydrazone groups is 1. The largest absolute Gasteiger partial charge is 0.454 e. The van der Waals surface area contributed by atoms with Crippen molar-refractivity contribution < 1.29 is 19.1 Å². The smallest absolute Gasteiger partial charge is 0.287 e. The summed E-state index contributed by atoms with van der Waals surface area (Å²) in [5, 5.41) is 6.60. The Morgan fingerprint density at radius 2 is 1.58 bits per heavy atom. The standard InChI is InChI=1S/C26H21N3O4/c30-25(21-11-5-2-6-12-21)28-22(16-20-13-14-23-24(17-20)33-18-32-23)26(31)29-27-15-7-10-19-8-3-1-4-9-19/h1-17H,18H2,(H,28,30)(H,29,31)/b10-7-,22-16-,27-15-. The van der Waals surface area contributed by atoms with E-state index < -0.39 is 11.8 Å². The molecular weight excluding hydrogens is 418 g/mol. The van der Waals surface area contributed by atoms with Gasteiger partial charge in [0.1, 0.15) is 5.70 Å². The summed E-state index contributed by atoms with van der Waals surface area (Å²) in [6.45, 7) is 0.145. The van der Waals surface area contributed by atoms with Crippen LogP contribution in [0.15, 0.2) is 95.7 Å². The van der Waals surface area contributed by atoms with Crippen LogP contribution in [0.2, 0.25) is 0 Å². The van der Waals surface area contributed by atoms with Crippen molar-refractivity contribution in [2.75, 3.05) is 6.79 Å². The quantitative estimate of drug-likeness (QED) is 0.331. The SMILES string of the molecule is O=C(N/N=C\C=C/c1ccccc1)/C(=C/c1ccc2c(c1)OCO2)NC(=O)c1ccccc1. The highest BCUT2D eigenvalue weighted by atomic mass is 16.7. The molecule has 33 heavy (non-hydrogen) atoms. The van der Waals surface area contributed by atoms with Crippen molar-refractivity contribution in [1.82, 2.24) is 10.7 Å². The number of hydrogen-bond acceptors (Lipinski definition) is 5. The van der Waals surface area contributed by atoms with Gasteiger partial charge in [-0.3, -0.25) is 9.59 Å². The van der Waals surface area contributed by atoms with E-state index in [2.05, 4.69) is 15.8 Å². The summed E-state index contributed by atoms with van der Waals surface area (Å²) in [5.74, 6) is 0.218. The van der Waals surface area contributed by atoms with Crippen molar-refractivity contribution in [2.45, 2.75) is 0 Å². The van der Waals surface area contributed by atoms with Gasteiger partial charge in [-0.2, -0.15) is 5.10 Å². The number of carbonyl (C=O) groups excluding carboxylic acids is 2. The van der Waals surface area contributed by atoms with Crippen LogP contribution in [0, 0.1) is 0 Å². The molecule has 3 aromatic rings. The van der Waals surface area contributed by atoms with Crippen LogP contribution in [0.3, 0.4) is 0 Å². The van der Waals surface area contributed by atoms with Gasteiger partial charge < -0.3 is 14.8 Å². The molecule has 0 bridgehead atoms. The van der Waals surface area contributed by atoms with E-state index in [1.54, 1.807) is 54.6 Å². The summed E-state index contributed by atoms with van der Waals surface area (Å²) >= 11 is 0. The highest BCUT2D eigenvalue weighted by Gasteiger charge is 2.16. The third-order valence-electron chi connectivity index (χ3n) is 4.65. The predicted molar refractivity (Wildman–Crippen MR) is 127 cm³/mol. The lowest BCUT2D eigenvalue weighted by atomic mass is 10.1. The van der Waals surface area contributed by atoms with E-state index in [0.29, 0.717) is 22.6 Å². The van der Waals surface area contributed by atoms with Gasteiger partial charge in [0, 0.05) is 11.8 Å². The van der Waals surface area contributed by atoms with Gasteiger partial charge in [-0.1, -0.05) is 60.7 Å². The van der Waals surface area contributed by atoms with Gasteiger partial charge in [0.25, 0.3) is 11.8 Å². The van der Waals surface area contributed by atoms with Crippen molar-refractivity contribution in [3.63, 3.8) is 0 Å².